The number of nitrogens with zero attached hydrogens (tertiary/aromatic N) is 1. The summed E-state index contributed by atoms with van der Waals surface area (Å²) in [6.07, 6.45) is 1.96. The number of benzene rings is 1. The summed E-state index contributed by atoms with van der Waals surface area (Å²) in [7, 11) is 0. The van der Waals surface area contributed by atoms with Crippen molar-refractivity contribution in [2.45, 2.75) is 12.5 Å². The molecule has 0 bridgehead atoms. The molecule has 2 rings (SSSR count). The molecule has 0 fully saturated rings. The van der Waals surface area contributed by atoms with E-state index in [1.165, 1.54) is 18.3 Å². The van der Waals surface area contributed by atoms with Gasteiger partial charge in [0.1, 0.15) is 5.82 Å². The minimum absolute atomic E-state index is 0.283. The smallest absolute Gasteiger partial charge is 0.123 e. The summed E-state index contributed by atoms with van der Waals surface area (Å²) < 4.78 is 13.1. The number of halogens is 3. The van der Waals surface area contributed by atoms with E-state index < -0.39 is 6.04 Å². The molecular formula is C13H11Cl2FN2. The van der Waals surface area contributed by atoms with Gasteiger partial charge in [0.25, 0.3) is 0 Å². The molecule has 0 aliphatic rings. The molecule has 1 aromatic carbocycles. The Morgan fingerprint density at radius 1 is 1.28 bits per heavy atom. The quantitative estimate of drug-likeness (QED) is 0.932. The van der Waals surface area contributed by atoms with E-state index in [9.17, 15) is 4.39 Å². The Morgan fingerprint density at radius 2 is 2.06 bits per heavy atom. The van der Waals surface area contributed by atoms with Gasteiger partial charge in [-0.3, -0.25) is 4.98 Å². The fraction of sp³-hybridized carbons (Fsp3) is 0.154. The Kier molecular flexibility index (Phi) is 4.17. The lowest BCUT2D eigenvalue weighted by Gasteiger charge is -2.12. The monoisotopic (exact) mass is 284 g/mol. The molecule has 0 saturated carbocycles. The van der Waals surface area contributed by atoms with Gasteiger partial charge in [-0.25, -0.2) is 4.39 Å². The second-order valence-electron chi connectivity index (χ2n) is 3.96. The minimum atomic E-state index is -0.392. The van der Waals surface area contributed by atoms with Crippen molar-refractivity contribution >= 4 is 23.2 Å². The van der Waals surface area contributed by atoms with E-state index in [1.807, 2.05) is 6.07 Å². The first-order chi connectivity index (χ1) is 8.56. The highest BCUT2D eigenvalue weighted by Crippen LogP contribution is 2.24. The topological polar surface area (TPSA) is 38.9 Å². The Balaban J connectivity index is 2.19. The van der Waals surface area contributed by atoms with Crippen LogP contribution >= 0.6 is 23.2 Å². The zero-order valence-corrected chi connectivity index (χ0v) is 10.9. The lowest BCUT2D eigenvalue weighted by atomic mass is 10.0. The third-order valence-electron chi connectivity index (χ3n) is 2.53. The van der Waals surface area contributed by atoms with Crippen LogP contribution in [0.2, 0.25) is 10.0 Å². The second-order valence-corrected chi connectivity index (χ2v) is 4.80. The Labute approximate surface area is 115 Å². The first kappa shape index (κ1) is 13.3. The Bertz CT molecular complexity index is 560. The summed E-state index contributed by atoms with van der Waals surface area (Å²) in [6, 6.07) is 7.50. The average Bonchev–Trinajstić information content (AvgIpc) is 2.28. The summed E-state index contributed by atoms with van der Waals surface area (Å²) in [5.41, 5.74) is 7.38. The molecule has 2 aromatic rings. The van der Waals surface area contributed by atoms with Crippen molar-refractivity contribution < 1.29 is 4.39 Å². The fourth-order valence-electron chi connectivity index (χ4n) is 1.71. The van der Waals surface area contributed by atoms with Crippen molar-refractivity contribution in [2.24, 2.45) is 5.73 Å². The van der Waals surface area contributed by atoms with Crippen LogP contribution in [0, 0.1) is 5.82 Å². The van der Waals surface area contributed by atoms with Crippen molar-refractivity contribution in [2.75, 3.05) is 0 Å². The zero-order chi connectivity index (χ0) is 13.1. The van der Waals surface area contributed by atoms with Crippen LogP contribution in [-0.2, 0) is 6.42 Å². The Morgan fingerprint density at radius 3 is 2.72 bits per heavy atom. The maximum absolute atomic E-state index is 13.1. The van der Waals surface area contributed by atoms with E-state index in [-0.39, 0.29) is 5.82 Å². The van der Waals surface area contributed by atoms with Gasteiger partial charge in [0.15, 0.2) is 0 Å². The first-order valence-electron chi connectivity index (χ1n) is 5.37. The number of hydrogen-bond acceptors (Lipinski definition) is 2. The molecule has 0 radical (unpaired) electrons. The predicted molar refractivity (Wildman–Crippen MR) is 71.3 cm³/mol. The van der Waals surface area contributed by atoms with Crippen LogP contribution in [0.15, 0.2) is 36.5 Å². The van der Waals surface area contributed by atoms with E-state index in [4.69, 9.17) is 28.9 Å². The van der Waals surface area contributed by atoms with Gasteiger partial charge >= 0.3 is 0 Å². The molecule has 2 N–H and O–H groups in total. The van der Waals surface area contributed by atoms with Crippen molar-refractivity contribution in [1.82, 2.24) is 4.98 Å². The molecule has 0 spiro atoms. The molecule has 0 aliphatic heterocycles. The van der Waals surface area contributed by atoms with E-state index in [0.717, 1.165) is 5.56 Å². The van der Waals surface area contributed by atoms with Crippen LogP contribution in [-0.4, -0.2) is 4.98 Å². The number of aromatic nitrogens is 1. The molecule has 0 aliphatic carbocycles. The molecule has 0 saturated heterocycles. The first-order valence-corrected chi connectivity index (χ1v) is 6.13. The third-order valence-corrected chi connectivity index (χ3v) is 3.04. The predicted octanol–water partition coefficient (Wildman–Crippen LogP) is 3.77. The van der Waals surface area contributed by atoms with Crippen molar-refractivity contribution in [3.05, 3.63) is 63.6 Å². The van der Waals surface area contributed by atoms with Gasteiger partial charge in [-0.2, -0.15) is 0 Å². The van der Waals surface area contributed by atoms with Crippen LogP contribution in [0.4, 0.5) is 4.39 Å². The molecule has 1 heterocycles. The van der Waals surface area contributed by atoms with Crippen molar-refractivity contribution in [3.63, 3.8) is 0 Å². The van der Waals surface area contributed by atoms with Gasteiger partial charge in [0, 0.05) is 6.20 Å². The van der Waals surface area contributed by atoms with Gasteiger partial charge in [-0.05, 0) is 30.2 Å². The van der Waals surface area contributed by atoms with E-state index in [1.54, 1.807) is 12.1 Å². The number of nitrogens with two attached hydrogens (primary N) is 1. The molecule has 1 aromatic heterocycles. The number of rotatable bonds is 3. The highest BCUT2D eigenvalue weighted by atomic mass is 35.5. The molecule has 1 atom stereocenters. The maximum atomic E-state index is 13.1. The number of hydrogen-bond donors (Lipinski definition) is 1. The van der Waals surface area contributed by atoms with Gasteiger partial charge < -0.3 is 5.73 Å². The van der Waals surface area contributed by atoms with Gasteiger partial charge in [-0.15, -0.1) is 0 Å². The largest absolute Gasteiger partial charge is 0.322 e. The highest BCUT2D eigenvalue weighted by molar-refractivity contribution is 6.34. The molecule has 1 unspecified atom stereocenters. The average molecular weight is 285 g/mol. The van der Waals surface area contributed by atoms with Gasteiger partial charge in [0.05, 0.1) is 21.8 Å². The van der Waals surface area contributed by atoms with Crippen LogP contribution in [0.1, 0.15) is 17.3 Å². The lowest BCUT2D eigenvalue weighted by molar-refractivity contribution is 0.621. The highest BCUT2D eigenvalue weighted by Gasteiger charge is 2.13. The summed E-state index contributed by atoms with van der Waals surface area (Å²) in [5, 5.41) is 0.883. The van der Waals surface area contributed by atoms with Crippen LogP contribution in [0.3, 0.4) is 0 Å². The minimum Gasteiger partial charge on any atom is -0.322 e. The standard InChI is InChI=1S/C13H11Cl2FN2/c14-9-6-11(15)13(18-7-9)12(17)5-8-2-1-3-10(16)4-8/h1-4,6-7,12H,5,17H2. The van der Waals surface area contributed by atoms with E-state index in [0.29, 0.717) is 22.2 Å². The Hall–Kier alpha value is -1.16. The molecule has 2 nitrogen and oxygen atoms in total. The van der Waals surface area contributed by atoms with Gasteiger partial charge in [-0.1, -0.05) is 35.3 Å². The second kappa shape index (κ2) is 5.65. The summed E-state index contributed by atoms with van der Waals surface area (Å²) >= 11 is 11.8. The molecule has 0 amide bonds. The molecular weight excluding hydrogens is 274 g/mol. The van der Waals surface area contributed by atoms with Crippen LogP contribution < -0.4 is 5.73 Å². The molecule has 5 heteroatoms. The molecule has 18 heavy (non-hydrogen) atoms. The van der Waals surface area contributed by atoms with Gasteiger partial charge in [0.2, 0.25) is 0 Å². The van der Waals surface area contributed by atoms with Crippen LogP contribution in [0.5, 0.6) is 0 Å². The SMILES string of the molecule is NC(Cc1cccc(F)c1)c1ncc(Cl)cc1Cl. The lowest BCUT2D eigenvalue weighted by Crippen LogP contribution is -2.15. The summed E-state index contributed by atoms with van der Waals surface area (Å²) in [6.45, 7) is 0. The van der Waals surface area contributed by atoms with Crippen LogP contribution in [0.25, 0.3) is 0 Å². The van der Waals surface area contributed by atoms with Crippen molar-refractivity contribution in [3.8, 4) is 0 Å². The summed E-state index contributed by atoms with van der Waals surface area (Å²) in [5.74, 6) is -0.283. The summed E-state index contributed by atoms with van der Waals surface area (Å²) in [4.78, 5) is 4.11. The third kappa shape index (κ3) is 3.19. The van der Waals surface area contributed by atoms with E-state index in [2.05, 4.69) is 4.98 Å². The maximum Gasteiger partial charge on any atom is 0.123 e. The normalized spacial score (nSPS) is 12.4. The number of pyridine rings is 1. The molecule has 94 valence electrons. The van der Waals surface area contributed by atoms with E-state index >= 15 is 0 Å². The van der Waals surface area contributed by atoms with Crippen molar-refractivity contribution in [1.29, 1.82) is 0 Å². The zero-order valence-electron chi connectivity index (χ0n) is 9.41. The fourth-order valence-corrected chi connectivity index (χ4v) is 2.23.